The van der Waals surface area contributed by atoms with Gasteiger partial charge >= 0.3 is 0 Å². The minimum atomic E-state index is -0.595. The van der Waals surface area contributed by atoms with E-state index in [2.05, 4.69) is 5.32 Å². The van der Waals surface area contributed by atoms with E-state index in [0.29, 0.717) is 23.7 Å². The first-order valence-electron chi connectivity index (χ1n) is 10.8. The van der Waals surface area contributed by atoms with Crippen LogP contribution in [0.25, 0.3) is 0 Å². The molecule has 1 N–H and O–H groups in total. The van der Waals surface area contributed by atoms with Crippen molar-refractivity contribution in [3.63, 3.8) is 0 Å². The van der Waals surface area contributed by atoms with Gasteiger partial charge in [-0.3, -0.25) is 9.59 Å². The largest absolute Gasteiger partial charge is 0.484 e. The number of nitrogens with zero attached hydrogens (tertiary/aromatic N) is 1. The smallest absolute Gasteiger partial charge is 0.261 e. The Bertz CT molecular complexity index is 863. The van der Waals surface area contributed by atoms with E-state index in [-0.39, 0.29) is 24.5 Å². The molecule has 0 saturated carbocycles. The fraction of sp³-hybridized carbons (Fsp3) is 0.440. The van der Waals surface area contributed by atoms with Gasteiger partial charge < -0.3 is 15.0 Å². The van der Waals surface area contributed by atoms with Gasteiger partial charge in [0.15, 0.2) is 6.61 Å². The Balaban J connectivity index is 2.11. The molecule has 2 rings (SSSR count). The van der Waals surface area contributed by atoms with Gasteiger partial charge in [0.25, 0.3) is 5.91 Å². The Morgan fingerprint density at radius 2 is 1.71 bits per heavy atom. The lowest BCUT2D eigenvalue weighted by Crippen LogP contribution is -2.51. The van der Waals surface area contributed by atoms with Crippen molar-refractivity contribution >= 4 is 23.4 Å². The van der Waals surface area contributed by atoms with Gasteiger partial charge in [-0.05, 0) is 69.4 Å². The fourth-order valence-electron chi connectivity index (χ4n) is 3.25. The fourth-order valence-corrected chi connectivity index (χ4v) is 3.36. The number of amides is 2. The molecular weight excluding hydrogens is 412 g/mol. The van der Waals surface area contributed by atoms with Gasteiger partial charge in [0.2, 0.25) is 5.91 Å². The standard InChI is InChI=1S/C25H33ClN2O3/c1-6-19(4)27-25(30)20(5)28(13-12-21-10-8-7-9-11-21)23(29)16-31-22-14-17(2)24(26)18(3)15-22/h7-11,14-15,19-20H,6,12-13,16H2,1-5H3,(H,27,30)/t19-,20+/m1/s1. The van der Waals surface area contributed by atoms with Gasteiger partial charge in [-0.2, -0.15) is 0 Å². The quantitative estimate of drug-likeness (QED) is 0.577. The molecule has 2 aromatic carbocycles. The molecule has 0 bridgehead atoms. The summed E-state index contributed by atoms with van der Waals surface area (Å²) in [7, 11) is 0. The van der Waals surface area contributed by atoms with Gasteiger partial charge in [-0.1, -0.05) is 48.9 Å². The molecule has 2 aromatic rings. The third-order valence-corrected chi connectivity index (χ3v) is 6.02. The maximum Gasteiger partial charge on any atom is 0.261 e. The third-order valence-electron chi connectivity index (χ3n) is 5.42. The van der Waals surface area contributed by atoms with Crippen molar-refractivity contribution in [2.45, 2.75) is 59.5 Å². The number of halogens is 1. The number of hydrogen-bond donors (Lipinski definition) is 1. The summed E-state index contributed by atoms with van der Waals surface area (Å²) >= 11 is 6.22. The summed E-state index contributed by atoms with van der Waals surface area (Å²) in [6.45, 7) is 9.81. The average Bonchev–Trinajstić information content (AvgIpc) is 2.76. The zero-order valence-electron chi connectivity index (χ0n) is 19.1. The van der Waals surface area contributed by atoms with E-state index < -0.39 is 6.04 Å². The number of ether oxygens (including phenoxy) is 1. The number of carbonyl (C=O) groups excluding carboxylic acids is 2. The van der Waals surface area contributed by atoms with E-state index in [1.165, 1.54) is 0 Å². The molecule has 0 spiro atoms. The van der Waals surface area contributed by atoms with Crippen LogP contribution in [0.1, 0.15) is 43.9 Å². The van der Waals surface area contributed by atoms with E-state index >= 15 is 0 Å². The van der Waals surface area contributed by atoms with E-state index in [0.717, 1.165) is 23.1 Å². The van der Waals surface area contributed by atoms with Crippen molar-refractivity contribution in [1.82, 2.24) is 10.2 Å². The first kappa shape index (κ1) is 24.7. The second-order valence-corrected chi connectivity index (χ2v) is 8.35. The number of aryl methyl sites for hydroxylation is 2. The second kappa shape index (κ2) is 11.8. The summed E-state index contributed by atoms with van der Waals surface area (Å²) in [4.78, 5) is 27.4. The van der Waals surface area contributed by atoms with Gasteiger partial charge in [0.05, 0.1) is 0 Å². The molecule has 0 saturated heterocycles. The van der Waals surface area contributed by atoms with Crippen LogP contribution >= 0.6 is 11.6 Å². The molecule has 168 valence electrons. The first-order valence-corrected chi connectivity index (χ1v) is 11.1. The van der Waals surface area contributed by atoms with Gasteiger partial charge in [0, 0.05) is 17.6 Å². The highest BCUT2D eigenvalue weighted by atomic mass is 35.5. The molecule has 0 aliphatic carbocycles. The van der Waals surface area contributed by atoms with Crippen LogP contribution in [0.15, 0.2) is 42.5 Å². The van der Waals surface area contributed by atoms with E-state index in [1.54, 1.807) is 11.8 Å². The van der Waals surface area contributed by atoms with E-state index in [9.17, 15) is 9.59 Å². The molecule has 0 aliphatic rings. The van der Waals surface area contributed by atoms with Crippen LogP contribution in [0.2, 0.25) is 5.02 Å². The summed E-state index contributed by atoms with van der Waals surface area (Å²) in [5.41, 5.74) is 2.90. The SMILES string of the molecule is CC[C@@H](C)NC(=O)[C@H](C)N(CCc1ccccc1)C(=O)COc1cc(C)c(Cl)c(C)c1. The van der Waals surface area contributed by atoms with Crippen LogP contribution in [-0.2, 0) is 16.0 Å². The zero-order chi connectivity index (χ0) is 23.0. The van der Waals surface area contributed by atoms with Crippen molar-refractivity contribution in [2.24, 2.45) is 0 Å². The summed E-state index contributed by atoms with van der Waals surface area (Å²) in [6, 6.07) is 13.0. The highest BCUT2D eigenvalue weighted by molar-refractivity contribution is 6.32. The van der Waals surface area contributed by atoms with Crippen LogP contribution in [-0.4, -0.2) is 41.9 Å². The van der Waals surface area contributed by atoms with Crippen LogP contribution in [0.5, 0.6) is 5.75 Å². The van der Waals surface area contributed by atoms with E-state index in [4.69, 9.17) is 16.3 Å². The number of rotatable bonds is 10. The lowest BCUT2D eigenvalue weighted by atomic mass is 10.1. The van der Waals surface area contributed by atoms with Crippen LogP contribution < -0.4 is 10.1 Å². The van der Waals surface area contributed by atoms with Gasteiger partial charge in [-0.25, -0.2) is 0 Å². The summed E-state index contributed by atoms with van der Waals surface area (Å²) in [5.74, 6) is 0.203. The number of benzene rings is 2. The average molecular weight is 445 g/mol. The first-order chi connectivity index (χ1) is 14.7. The molecule has 5 nitrogen and oxygen atoms in total. The number of hydrogen-bond acceptors (Lipinski definition) is 3. The Morgan fingerprint density at radius 1 is 1.10 bits per heavy atom. The summed E-state index contributed by atoms with van der Waals surface area (Å²) in [5, 5.41) is 3.66. The van der Waals surface area contributed by atoms with Crippen LogP contribution in [0, 0.1) is 13.8 Å². The second-order valence-electron chi connectivity index (χ2n) is 7.98. The molecule has 0 aliphatic heterocycles. The molecular formula is C25H33ClN2O3. The molecule has 0 fully saturated rings. The van der Waals surface area contributed by atoms with E-state index in [1.807, 2.05) is 70.2 Å². The van der Waals surface area contributed by atoms with Gasteiger partial charge in [-0.15, -0.1) is 0 Å². The lowest BCUT2D eigenvalue weighted by molar-refractivity contribution is -0.141. The summed E-state index contributed by atoms with van der Waals surface area (Å²) < 4.78 is 5.77. The Labute approximate surface area is 190 Å². The molecule has 0 radical (unpaired) electrons. The molecule has 6 heteroatoms. The molecule has 0 heterocycles. The maximum absolute atomic E-state index is 13.1. The highest BCUT2D eigenvalue weighted by Gasteiger charge is 2.26. The van der Waals surface area contributed by atoms with Crippen molar-refractivity contribution in [3.8, 4) is 5.75 Å². The normalized spacial score (nSPS) is 12.7. The molecule has 2 amide bonds. The number of carbonyl (C=O) groups is 2. The molecule has 0 aromatic heterocycles. The minimum Gasteiger partial charge on any atom is -0.484 e. The lowest BCUT2D eigenvalue weighted by Gasteiger charge is -2.29. The van der Waals surface area contributed by atoms with Crippen molar-refractivity contribution in [2.75, 3.05) is 13.2 Å². The van der Waals surface area contributed by atoms with Gasteiger partial charge in [0.1, 0.15) is 11.8 Å². The predicted molar refractivity (Wildman–Crippen MR) is 126 cm³/mol. The molecule has 2 atom stereocenters. The van der Waals surface area contributed by atoms with Crippen LogP contribution in [0.4, 0.5) is 0 Å². The summed E-state index contributed by atoms with van der Waals surface area (Å²) in [6.07, 6.45) is 1.49. The van der Waals surface area contributed by atoms with Crippen molar-refractivity contribution in [1.29, 1.82) is 0 Å². The Hall–Kier alpha value is -2.53. The zero-order valence-corrected chi connectivity index (χ0v) is 19.8. The maximum atomic E-state index is 13.1. The highest BCUT2D eigenvalue weighted by Crippen LogP contribution is 2.26. The van der Waals surface area contributed by atoms with Crippen molar-refractivity contribution in [3.05, 3.63) is 64.2 Å². The number of nitrogens with one attached hydrogen (secondary N) is 1. The Kier molecular flexibility index (Phi) is 9.38. The predicted octanol–water partition coefficient (Wildman–Crippen LogP) is 4.71. The molecule has 0 unspecified atom stereocenters. The minimum absolute atomic E-state index is 0.0530. The van der Waals surface area contributed by atoms with Crippen molar-refractivity contribution < 1.29 is 14.3 Å². The topological polar surface area (TPSA) is 58.6 Å². The monoisotopic (exact) mass is 444 g/mol. The van der Waals surface area contributed by atoms with Crippen LogP contribution in [0.3, 0.4) is 0 Å². The Morgan fingerprint density at radius 3 is 2.29 bits per heavy atom. The molecule has 31 heavy (non-hydrogen) atoms. The third kappa shape index (κ3) is 7.28.